The van der Waals surface area contributed by atoms with Gasteiger partial charge in [-0.1, -0.05) is 41.4 Å². The number of nitrogens with one attached hydrogen (secondary N) is 2. The maximum Gasteiger partial charge on any atom is 0.269 e. The molecule has 4 aromatic rings. The number of halogens is 3. The van der Waals surface area contributed by atoms with Crippen LogP contribution in [0, 0.1) is 5.82 Å². The molecule has 0 spiro atoms. The van der Waals surface area contributed by atoms with E-state index in [0.29, 0.717) is 33.3 Å². The Morgan fingerprint density at radius 2 is 2.03 bits per heavy atom. The zero-order valence-electron chi connectivity index (χ0n) is 20.1. The Hall–Kier alpha value is -4.06. The lowest BCUT2D eigenvalue weighted by Crippen LogP contribution is -2.42. The van der Waals surface area contributed by atoms with E-state index in [-0.39, 0.29) is 28.8 Å². The first-order chi connectivity index (χ1) is 18.8. The minimum atomic E-state index is -1.44. The van der Waals surface area contributed by atoms with Crippen molar-refractivity contribution in [1.82, 2.24) is 15.3 Å². The van der Waals surface area contributed by atoms with Gasteiger partial charge in [0, 0.05) is 16.0 Å². The summed E-state index contributed by atoms with van der Waals surface area (Å²) in [7, 11) is 1.45. The van der Waals surface area contributed by atoms with Crippen molar-refractivity contribution >= 4 is 57.8 Å². The third kappa shape index (κ3) is 5.70. The van der Waals surface area contributed by atoms with Crippen LogP contribution in [0.3, 0.4) is 0 Å². The predicted molar refractivity (Wildman–Crippen MR) is 146 cm³/mol. The molecule has 5 rings (SSSR count). The molecule has 0 aliphatic carbocycles. The van der Waals surface area contributed by atoms with Gasteiger partial charge in [0.05, 0.1) is 46.5 Å². The highest BCUT2D eigenvalue weighted by Gasteiger charge is 2.30. The summed E-state index contributed by atoms with van der Waals surface area (Å²) in [6.07, 6.45) is -0.515. The van der Waals surface area contributed by atoms with Gasteiger partial charge in [0.2, 0.25) is 12.0 Å². The molecule has 9 nitrogen and oxygen atoms in total. The average Bonchev–Trinajstić information content (AvgIpc) is 3.40. The summed E-state index contributed by atoms with van der Waals surface area (Å²) in [5.41, 5.74) is 3.62. The van der Waals surface area contributed by atoms with Crippen LogP contribution in [0.5, 0.6) is 11.6 Å². The van der Waals surface area contributed by atoms with E-state index in [0.717, 1.165) is 12.3 Å². The number of ether oxygens (including phenoxy) is 2. The molecule has 198 valence electrons. The van der Waals surface area contributed by atoms with Crippen molar-refractivity contribution < 1.29 is 23.5 Å². The van der Waals surface area contributed by atoms with Gasteiger partial charge in [0.1, 0.15) is 23.7 Å². The third-order valence-electron chi connectivity index (χ3n) is 5.59. The molecule has 2 amide bonds. The summed E-state index contributed by atoms with van der Waals surface area (Å²) in [5, 5.41) is 7.63. The van der Waals surface area contributed by atoms with Crippen LogP contribution >= 0.6 is 34.5 Å². The lowest BCUT2D eigenvalue weighted by Gasteiger charge is -2.16. The zero-order chi connectivity index (χ0) is 27.5. The Morgan fingerprint density at radius 1 is 1.21 bits per heavy atom. The van der Waals surface area contributed by atoms with Crippen molar-refractivity contribution in [1.29, 1.82) is 0 Å². The number of para-hydroxylation sites is 1. The van der Waals surface area contributed by atoms with Crippen molar-refractivity contribution in [3.63, 3.8) is 0 Å². The molecular formula is C26H18Cl2FN5O4S. The number of thiazole rings is 1. The van der Waals surface area contributed by atoms with Crippen LogP contribution in [-0.4, -0.2) is 40.8 Å². The quantitative estimate of drug-likeness (QED) is 0.311. The summed E-state index contributed by atoms with van der Waals surface area (Å²) < 4.78 is 25.2. The van der Waals surface area contributed by atoms with Crippen molar-refractivity contribution in [2.45, 2.75) is 12.8 Å². The highest BCUT2D eigenvalue weighted by molar-refractivity contribution is 7.07. The van der Waals surface area contributed by atoms with Crippen molar-refractivity contribution in [2.24, 2.45) is 4.99 Å². The topological polar surface area (TPSA) is 115 Å². The van der Waals surface area contributed by atoms with Crippen LogP contribution in [0.1, 0.15) is 27.2 Å². The molecule has 0 saturated carbocycles. The molecule has 0 bridgehead atoms. The smallest absolute Gasteiger partial charge is 0.269 e. The summed E-state index contributed by atoms with van der Waals surface area (Å²) in [6.45, 7) is 0.0127. The second-order valence-corrected chi connectivity index (χ2v) is 9.69. The molecule has 2 aromatic carbocycles. The number of aromatic nitrogens is 2. The average molecular weight is 586 g/mol. The SMILES string of the molecule is COc1cc(Cl)cc(Cl)c1C1=NC(NC(=O)c2cc(F)cnc2OCc2cscn2)C(=O)Nc2ccccc21. The number of amides is 2. The fourth-order valence-electron chi connectivity index (χ4n) is 3.85. The summed E-state index contributed by atoms with van der Waals surface area (Å²) in [4.78, 5) is 39.1. The van der Waals surface area contributed by atoms with E-state index in [1.54, 1.807) is 41.2 Å². The largest absolute Gasteiger partial charge is 0.496 e. The molecule has 2 aromatic heterocycles. The third-order valence-corrected chi connectivity index (χ3v) is 6.74. The fourth-order valence-corrected chi connectivity index (χ4v) is 4.96. The number of pyridine rings is 1. The molecule has 1 aliphatic rings. The molecule has 0 fully saturated rings. The Balaban J connectivity index is 1.53. The van der Waals surface area contributed by atoms with Crippen LogP contribution in [0.4, 0.5) is 10.1 Å². The van der Waals surface area contributed by atoms with Gasteiger partial charge in [-0.3, -0.25) is 9.59 Å². The number of methoxy groups -OCH3 is 1. The van der Waals surface area contributed by atoms with Crippen LogP contribution in [0.2, 0.25) is 10.0 Å². The van der Waals surface area contributed by atoms with E-state index < -0.39 is 23.8 Å². The number of benzodiazepines with no additional fused rings is 1. The number of carbonyl (C=O) groups excluding carboxylic acids is 2. The van der Waals surface area contributed by atoms with Gasteiger partial charge in [-0.15, -0.1) is 11.3 Å². The molecular weight excluding hydrogens is 568 g/mol. The number of nitrogens with zero attached hydrogens (tertiary/aromatic N) is 3. The van der Waals surface area contributed by atoms with Crippen molar-refractivity contribution in [3.8, 4) is 11.6 Å². The summed E-state index contributed by atoms with van der Waals surface area (Å²) >= 11 is 14.1. The van der Waals surface area contributed by atoms with Gasteiger partial charge in [-0.25, -0.2) is 19.4 Å². The fraction of sp³-hybridized carbons (Fsp3) is 0.115. The predicted octanol–water partition coefficient (Wildman–Crippen LogP) is 5.12. The first-order valence-electron chi connectivity index (χ1n) is 11.3. The van der Waals surface area contributed by atoms with Gasteiger partial charge in [0.25, 0.3) is 11.8 Å². The van der Waals surface area contributed by atoms with E-state index in [1.807, 2.05) is 0 Å². The molecule has 2 N–H and O–H groups in total. The first-order valence-corrected chi connectivity index (χ1v) is 13.0. The summed E-state index contributed by atoms with van der Waals surface area (Å²) in [5.74, 6) is -2.05. The maximum atomic E-state index is 14.1. The maximum absolute atomic E-state index is 14.1. The van der Waals surface area contributed by atoms with Crippen molar-refractivity contribution in [3.05, 3.63) is 97.8 Å². The first kappa shape index (κ1) is 26.5. The van der Waals surface area contributed by atoms with Gasteiger partial charge in [-0.2, -0.15) is 0 Å². The minimum Gasteiger partial charge on any atom is -0.496 e. The van der Waals surface area contributed by atoms with Crippen LogP contribution < -0.4 is 20.1 Å². The lowest BCUT2D eigenvalue weighted by molar-refractivity contribution is -0.117. The molecule has 13 heteroatoms. The van der Waals surface area contributed by atoms with Crippen LogP contribution in [0.15, 0.2) is 64.5 Å². The number of rotatable bonds is 7. The number of anilines is 1. The number of carbonyl (C=O) groups is 2. The van der Waals surface area contributed by atoms with Crippen molar-refractivity contribution in [2.75, 3.05) is 12.4 Å². The number of fused-ring (bicyclic) bond motifs is 1. The van der Waals surface area contributed by atoms with E-state index in [9.17, 15) is 14.0 Å². The molecule has 1 aliphatic heterocycles. The molecule has 0 radical (unpaired) electrons. The van der Waals surface area contributed by atoms with Gasteiger partial charge in [0.15, 0.2) is 0 Å². The van der Waals surface area contributed by atoms with Gasteiger partial charge >= 0.3 is 0 Å². The molecule has 39 heavy (non-hydrogen) atoms. The zero-order valence-corrected chi connectivity index (χ0v) is 22.4. The number of hydrogen-bond donors (Lipinski definition) is 2. The monoisotopic (exact) mass is 585 g/mol. The highest BCUT2D eigenvalue weighted by Crippen LogP contribution is 2.35. The Bertz CT molecular complexity index is 1600. The normalized spacial score (nSPS) is 14.5. The Kier molecular flexibility index (Phi) is 7.73. The number of aliphatic imine (C=N–C) groups is 1. The van der Waals surface area contributed by atoms with E-state index >= 15 is 0 Å². The minimum absolute atomic E-state index is 0.0127. The molecule has 1 atom stereocenters. The highest BCUT2D eigenvalue weighted by atomic mass is 35.5. The lowest BCUT2D eigenvalue weighted by atomic mass is 9.99. The second kappa shape index (κ2) is 11.4. The molecule has 3 heterocycles. The van der Waals surface area contributed by atoms with E-state index in [1.165, 1.54) is 24.5 Å². The number of benzene rings is 2. The van der Waals surface area contributed by atoms with Gasteiger partial charge in [-0.05, 0) is 24.3 Å². The second-order valence-electron chi connectivity index (χ2n) is 8.13. The molecule has 0 saturated heterocycles. The van der Waals surface area contributed by atoms with E-state index in [4.69, 9.17) is 32.7 Å². The van der Waals surface area contributed by atoms with Crippen LogP contribution in [0.25, 0.3) is 0 Å². The van der Waals surface area contributed by atoms with E-state index in [2.05, 4.69) is 25.6 Å². The standard InChI is InChI=1S/C26H18Cl2FN5O4S/c1-37-20-7-13(27)6-18(28)21(20)22-16-4-2-3-5-19(16)32-25(36)23(33-22)34-24(35)17-8-14(29)9-30-26(17)38-10-15-11-39-12-31-15/h2-9,11-12,23H,10H2,1H3,(H,32,36)(H,34,35). The Morgan fingerprint density at radius 3 is 2.79 bits per heavy atom. The molecule has 1 unspecified atom stereocenters. The van der Waals surface area contributed by atoms with Crippen LogP contribution in [-0.2, 0) is 11.4 Å². The Labute approximate surface area is 235 Å². The summed E-state index contributed by atoms with van der Waals surface area (Å²) in [6, 6.07) is 11.0. The van der Waals surface area contributed by atoms with Gasteiger partial charge < -0.3 is 20.1 Å². The number of hydrogen-bond acceptors (Lipinski definition) is 8.